The van der Waals surface area contributed by atoms with Crippen LogP contribution >= 0.6 is 0 Å². The number of ether oxygens (including phenoxy) is 2. The minimum atomic E-state index is 0.302. The Kier molecular flexibility index (Phi) is 7.77. The maximum atomic E-state index is 11.8. The van der Waals surface area contributed by atoms with Crippen molar-refractivity contribution < 1.29 is 14.3 Å². The molecule has 34 heavy (non-hydrogen) atoms. The molecule has 0 atom stereocenters. The van der Waals surface area contributed by atoms with Gasteiger partial charge in [-0.2, -0.15) is 0 Å². The van der Waals surface area contributed by atoms with Crippen LogP contribution in [0.2, 0.25) is 0 Å². The van der Waals surface area contributed by atoms with Crippen LogP contribution in [0.1, 0.15) is 34.7 Å². The van der Waals surface area contributed by atoms with E-state index in [-0.39, 0.29) is 0 Å². The molecular formula is C31H30O3. The van der Waals surface area contributed by atoms with Gasteiger partial charge < -0.3 is 14.3 Å². The lowest BCUT2D eigenvalue weighted by atomic mass is 9.90. The summed E-state index contributed by atoms with van der Waals surface area (Å²) in [5.74, 6) is 1.49. The zero-order valence-electron chi connectivity index (χ0n) is 19.8. The monoisotopic (exact) mass is 450 g/mol. The zero-order valence-corrected chi connectivity index (χ0v) is 19.8. The van der Waals surface area contributed by atoms with Gasteiger partial charge in [-0.05, 0) is 41.2 Å². The van der Waals surface area contributed by atoms with Crippen molar-refractivity contribution in [2.24, 2.45) is 0 Å². The molecule has 0 saturated carbocycles. The van der Waals surface area contributed by atoms with E-state index in [4.69, 9.17) is 9.47 Å². The van der Waals surface area contributed by atoms with Gasteiger partial charge in [0.05, 0.1) is 0 Å². The first-order valence-electron chi connectivity index (χ1n) is 11.7. The largest absolute Gasteiger partial charge is 0.488 e. The van der Waals surface area contributed by atoms with E-state index < -0.39 is 0 Å². The molecule has 0 heterocycles. The maximum Gasteiger partial charge on any atom is 0.131 e. The maximum absolute atomic E-state index is 11.8. The van der Waals surface area contributed by atoms with Crippen molar-refractivity contribution in [3.05, 3.63) is 119 Å². The van der Waals surface area contributed by atoms with E-state index in [9.17, 15) is 4.79 Å². The second kappa shape index (κ2) is 11.3. The fraction of sp³-hybridized carbons (Fsp3) is 0.194. The Morgan fingerprint density at radius 2 is 1.32 bits per heavy atom. The molecule has 0 fully saturated rings. The van der Waals surface area contributed by atoms with Crippen molar-refractivity contribution in [3.8, 4) is 22.6 Å². The molecule has 0 aliphatic carbocycles. The molecule has 4 aromatic rings. The topological polar surface area (TPSA) is 35.5 Å². The molecule has 3 nitrogen and oxygen atoms in total. The molecule has 4 rings (SSSR count). The summed E-state index contributed by atoms with van der Waals surface area (Å²) in [5, 5.41) is 0. The van der Waals surface area contributed by atoms with Gasteiger partial charge in [0.15, 0.2) is 0 Å². The summed E-state index contributed by atoms with van der Waals surface area (Å²) in [5.41, 5.74) is 7.37. The number of hydrogen-bond donors (Lipinski definition) is 0. The molecule has 0 aliphatic heterocycles. The highest BCUT2D eigenvalue weighted by molar-refractivity contribution is 5.80. The van der Waals surface area contributed by atoms with Crippen LogP contribution in [0.3, 0.4) is 0 Å². The lowest BCUT2D eigenvalue weighted by Crippen LogP contribution is -2.07. The molecule has 0 bridgehead atoms. The zero-order chi connectivity index (χ0) is 23.8. The van der Waals surface area contributed by atoms with Crippen molar-refractivity contribution in [1.29, 1.82) is 0 Å². The molecule has 3 heteroatoms. The highest BCUT2D eigenvalue weighted by Gasteiger charge is 2.21. The lowest BCUT2D eigenvalue weighted by Gasteiger charge is -2.22. The van der Waals surface area contributed by atoms with Crippen LogP contribution in [-0.2, 0) is 30.8 Å². The third-order valence-electron chi connectivity index (χ3n) is 5.89. The average molecular weight is 451 g/mol. The quantitative estimate of drug-likeness (QED) is 0.241. The highest BCUT2D eigenvalue weighted by atomic mass is 16.5. The van der Waals surface area contributed by atoms with Gasteiger partial charge in [-0.1, -0.05) is 97.4 Å². The summed E-state index contributed by atoms with van der Waals surface area (Å²) in [6, 6.07) is 30.5. The van der Waals surface area contributed by atoms with Crippen LogP contribution in [0, 0.1) is 6.92 Å². The van der Waals surface area contributed by atoms with E-state index >= 15 is 0 Å². The molecule has 0 N–H and O–H groups in total. The number of carbonyl (C=O) groups excluding carboxylic acids is 1. The van der Waals surface area contributed by atoms with Gasteiger partial charge in [0.25, 0.3) is 0 Å². The highest BCUT2D eigenvalue weighted by Crippen LogP contribution is 2.42. The van der Waals surface area contributed by atoms with E-state index in [1.54, 1.807) is 0 Å². The van der Waals surface area contributed by atoms with Gasteiger partial charge in [0.1, 0.15) is 31.0 Å². The van der Waals surface area contributed by atoms with Crippen molar-refractivity contribution in [2.45, 2.75) is 39.9 Å². The summed E-state index contributed by atoms with van der Waals surface area (Å²) >= 11 is 0. The van der Waals surface area contributed by atoms with Gasteiger partial charge in [0.2, 0.25) is 0 Å². The SMILES string of the molecule is CCc1c(OCc2ccccc2)cc(OCc2ccccc2)c(-c2cccc(C)c2)c1CC=O. The number of aldehydes is 1. The number of hydrogen-bond acceptors (Lipinski definition) is 3. The Labute approximate surface area is 202 Å². The predicted molar refractivity (Wildman–Crippen MR) is 137 cm³/mol. The Morgan fingerprint density at radius 3 is 1.88 bits per heavy atom. The summed E-state index contributed by atoms with van der Waals surface area (Å²) in [7, 11) is 0. The molecule has 0 unspecified atom stereocenters. The Bertz CT molecular complexity index is 1230. The third kappa shape index (κ3) is 5.55. The number of benzene rings is 4. The second-order valence-electron chi connectivity index (χ2n) is 8.35. The number of rotatable bonds is 10. The Hall–Kier alpha value is -3.85. The molecule has 4 aromatic carbocycles. The Balaban J connectivity index is 1.81. The van der Waals surface area contributed by atoms with Gasteiger partial charge in [-0.15, -0.1) is 0 Å². The number of carbonyl (C=O) groups is 1. The predicted octanol–water partition coefficient (Wildman–Crippen LogP) is 7.12. The summed E-state index contributed by atoms with van der Waals surface area (Å²) in [4.78, 5) is 11.8. The van der Waals surface area contributed by atoms with Crippen LogP contribution in [0.25, 0.3) is 11.1 Å². The van der Waals surface area contributed by atoms with Crippen LogP contribution in [0.4, 0.5) is 0 Å². The van der Waals surface area contributed by atoms with Crippen molar-refractivity contribution in [2.75, 3.05) is 0 Å². The second-order valence-corrected chi connectivity index (χ2v) is 8.35. The first kappa shape index (κ1) is 23.3. The third-order valence-corrected chi connectivity index (χ3v) is 5.89. The van der Waals surface area contributed by atoms with Crippen LogP contribution in [-0.4, -0.2) is 6.29 Å². The van der Waals surface area contributed by atoms with Crippen LogP contribution in [0.15, 0.2) is 91.0 Å². The smallest absolute Gasteiger partial charge is 0.131 e. The van der Waals surface area contributed by atoms with Crippen molar-refractivity contribution in [1.82, 2.24) is 0 Å². The molecular weight excluding hydrogens is 420 g/mol. The van der Waals surface area contributed by atoms with E-state index in [1.165, 1.54) is 0 Å². The van der Waals surface area contributed by atoms with Gasteiger partial charge >= 0.3 is 0 Å². The van der Waals surface area contributed by atoms with E-state index in [2.05, 4.69) is 32.0 Å². The van der Waals surface area contributed by atoms with Crippen molar-refractivity contribution >= 4 is 6.29 Å². The van der Waals surface area contributed by atoms with Gasteiger partial charge in [0, 0.05) is 18.1 Å². The first-order valence-corrected chi connectivity index (χ1v) is 11.7. The first-order chi connectivity index (χ1) is 16.7. The van der Waals surface area contributed by atoms with Crippen LogP contribution in [0.5, 0.6) is 11.5 Å². The fourth-order valence-corrected chi connectivity index (χ4v) is 4.25. The summed E-state index contributed by atoms with van der Waals surface area (Å²) < 4.78 is 12.7. The molecule has 0 aliphatic rings. The molecule has 172 valence electrons. The van der Waals surface area contributed by atoms with E-state index in [0.717, 1.165) is 63.2 Å². The van der Waals surface area contributed by atoms with E-state index in [1.807, 2.05) is 72.8 Å². The standard InChI is InChI=1S/C31H30O3/c1-3-27-28(17-18-32)31(26-16-10-11-23(2)19-26)30(34-22-25-14-8-5-9-15-25)20-29(27)33-21-24-12-6-4-7-13-24/h4-16,18-20H,3,17,21-22H2,1-2H3. The van der Waals surface area contributed by atoms with Crippen LogP contribution < -0.4 is 9.47 Å². The normalized spacial score (nSPS) is 10.6. The minimum absolute atomic E-state index is 0.302. The lowest BCUT2D eigenvalue weighted by molar-refractivity contribution is -0.107. The minimum Gasteiger partial charge on any atom is -0.488 e. The molecule has 0 saturated heterocycles. The molecule has 0 aromatic heterocycles. The average Bonchev–Trinajstić information content (AvgIpc) is 2.87. The molecule has 0 radical (unpaired) electrons. The van der Waals surface area contributed by atoms with Gasteiger partial charge in [-0.25, -0.2) is 0 Å². The van der Waals surface area contributed by atoms with Crippen molar-refractivity contribution in [3.63, 3.8) is 0 Å². The molecule has 0 amide bonds. The Morgan fingerprint density at radius 1 is 0.706 bits per heavy atom. The number of aryl methyl sites for hydroxylation is 1. The summed E-state index contributed by atoms with van der Waals surface area (Å²) in [6.07, 6.45) is 2.03. The fourth-order valence-electron chi connectivity index (χ4n) is 4.25. The molecule has 0 spiro atoms. The summed E-state index contributed by atoms with van der Waals surface area (Å²) in [6.45, 7) is 5.06. The van der Waals surface area contributed by atoms with Gasteiger partial charge in [-0.3, -0.25) is 0 Å². The van der Waals surface area contributed by atoms with E-state index in [0.29, 0.717) is 19.6 Å².